The van der Waals surface area contributed by atoms with Crippen LogP contribution in [0.4, 0.5) is 0 Å². The van der Waals surface area contributed by atoms with E-state index < -0.39 is 7.12 Å². The van der Waals surface area contributed by atoms with Crippen LogP contribution in [0.5, 0.6) is 0 Å². The third kappa shape index (κ3) is 1.94. The molecular formula is C10H14BN3O2. The van der Waals surface area contributed by atoms with Crippen LogP contribution in [0.15, 0.2) is 18.6 Å². The monoisotopic (exact) mass is 219 g/mol. The van der Waals surface area contributed by atoms with Crippen LogP contribution in [0.3, 0.4) is 0 Å². The van der Waals surface area contributed by atoms with Gasteiger partial charge in [0.25, 0.3) is 0 Å². The zero-order valence-corrected chi connectivity index (χ0v) is 9.55. The van der Waals surface area contributed by atoms with Crippen molar-refractivity contribution < 1.29 is 10.0 Å². The standard InChI is InChI=1S/C10H14BN3O2/c1-10(2,3)8-6-14-5-7(11(15)16)4-12-9(14)13-8/h4-6,15-16H,1-3H3. The first-order chi connectivity index (χ1) is 7.38. The summed E-state index contributed by atoms with van der Waals surface area (Å²) in [6.45, 7) is 6.20. The van der Waals surface area contributed by atoms with Crippen molar-refractivity contribution in [3.63, 3.8) is 0 Å². The van der Waals surface area contributed by atoms with Crippen molar-refractivity contribution in [2.75, 3.05) is 0 Å². The third-order valence-corrected chi connectivity index (χ3v) is 2.40. The van der Waals surface area contributed by atoms with E-state index in [1.165, 1.54) is 6.20 Å². The Morgan fingerprint density at radius 1 is 1.25 bits per heavy atom. The Hall–Kier alpha value is -1.40. The molecule has 2 rings (SSSR count). The van der Waals surface area contributed by atoms with E-state index in [2.05, 4.69) is 30.7 Å². The highest BCUT2D eigenvalue weighted by atomic mass is 16.4. The van der Waals surface area contributed by atoms with E-state index in [0.717, 1.165) is 5.69 Å². The van der Waals surface area contributed by atoms with Gasteiger partial charge in [0.15, 0.2) is 0 Å². The topological polar surface area (TPSA) is 70.7 Å². The number of nitrogens with zero attached hydrogens (tertiary/aromatic N) is 3. The lowest BCUT2D eigenvalue weighted by molar-refractivity contribution is 0.425. The molecule has 0 spiro atoms. The second kappa shape index (κ2) is 3.57. The maximum absolute atomic E-state index is 9.03. The largest absolute Gasteiger partial charge is 0.491 e. The van der Waals surface area contributed by atoms with Gasteiger partial charge in [0.05, 0.1) is 5.69 Å². The molecule has 0 radical (unpaired) electrons. The van der Waals surface area contributed by atoms with E-state index in [0.29, 0.717) is 11.2 Å². The molecule has 0 aliphatic carbocycles. The van der Waals surface area contributed by atoms with Gasteiger partial charge >= 0.3 is 7.12 Å². The number of fused-ring (bicyclic) bond motifs is 1. The van der Waals surface area contributed by atoms with Gasteiger partial charge in [-0.15, -0.1) is 0 Å². The quantitative estimate of drug-likeness (QED) is 0.646. The van der Waals surface area contributed by atoms with Crippen molar-refractivity contribution in [3.8, 4) is 0 Å². The minimum atomic E-state index is -1.50. The van der Waals surface area contributed by atoms with Crippen molar-refractivity contribution in [1.82, 2.24) is 14.4 Å². The van der Waals surface area contributed by atoms with Crippen molar-refractivity contribution in [2.45, 2.75) is 26.2 Å². The minimum absolute atomic E-state index is 0.0499. The summed E-state index contributed by atoms with van der Waals surface area (Å²) in [7, 11) is -1.50. The lowest BCUT2D eigenvalue weighted by Crippen LogP contribution is -2.31. The SMILES string of the molecule is CC(C)(C)c1cn2cc(B(O)O)cnc2n1. The van der Waals surface area contributed by atoms with Gasteiger partial charge in [0, 0.05) is 29.5 Å². The van der Waals surface area contributed by atoms with Gasteiger partial charge in [-0.25, -0.2) is 9.97 Å². The molecule has 0 atom stereocenters. The summed E-state index contributed by atoms with van der Waals surface area (Å²) in [6.07, 6.45) is 4.89. The van der Waals surface area contributed by atoms with Crippen molar-refractivity contribution >= 4 is 18.4 Å². The first kappa shape index (κ1) is 11.1. The van der Waals surface area contributed by atoms with E-state index in [4.69, 9.17) is 10.0 Å². The lowest BCUT2D eigenvalue weighted by Gasteiger charge is -2.13. The first-order valence-corrected chi connectivity index (χ1v) is 5.09. The van der Waals surface area contributed by atoms with Crippen LogP contribution in [0.2, 0.25) is 0 Å². The molecule has 0 aromatic carbocycles. The predicted molar refractivity (Wildman–Crippen MR) is 61.5 cm³/mol. The van der Waals surface area contributed by atoms with Crippen LogP contribution in [0.25, 0.3) is 5.78 Å². The van der Waals surface area contributed by atoms with Crippen LogP contribution in [0, 0.1) is 0 Å². The number of imidazole rings is 1. The predicted octanol–water partition coefficient (Wildman–Crippen LogP) is -0.293. The highest BCUT2D eigenvalue weighted by Crippen LogP contribution is 2.20. The van der Waals surface area contributed by atoms with E-state index in [9.17, 15) is 0 Å². The van der Waals surface area contributed by atoms with Gasteiger partial charge in [-0.1, -0.05) is 20.8 Å². The van der Waals surface area contributed by atoms with Gasteiger partial charge < -0.3 is 10.0 Å². The molecule has 6 heteroatoms. The maximum atomic E-state index is 9.03. The Balaban J connectivity index is 2.54. The van der Waals surface area contributed by atoms with Crippen molar-refractivity contribution in [2.24, 2.45) is 0 Å². The van der Waals surface area contributed by atoms with E-state index in [1.807, 2.05) is 6.20 Å². The molecule has 84 valence electrons. The molecule has 2 N–H and O–H groups in total. The van der Waals surface area contributed by atoms with Crippen LogP contribution in [-0.2, 0) is 5.41 Å². The molecule has 0 fully saturated rings. The third-order valence-electron chi connectivity index (χ3n) is 2.40. The summed E-state index contributed by atoms with van der Waals surface area (Å²) in [4.78, 5) is 8.44. The average molecular weight is 219 g/mol. The summed E-state index contributed by atoms with van der Waals surface area (Å²) in [5, 5.41) is 18.1. The van der Waals surface area contributed by atoms with Crippen LogP contribution >= 0.6 is 0 Å². The fraction of sp³-hybridized carbons (Fsp3) is 0.400. The summed E-state index contributed by atoms with van der Waals surface area (Å²) in [6, 6.07) is 0. The average Bonchev–Trinajstić information content (AvgIpc) is 2.58. The Bertz CT molecular complexity index is 516. The summed E-state index contributed by atoms with van der Waals surface area (Å²) < 4.78 is 1.70. The van der Waals surface area contributed by atoms with Gasteiger partial charge in [0.2, 0.25) is 5.78 Å². The molecule has 2 aromatic rings. The molecule has 0 saturated carbocycles. The number of hydrogen-bond acceptors (Lipinski definition) is 4. The minimum Gasteiger partial charge on any atom is -0.423 e. The molecule has 0 unspecified atom stereocenters. The molecule has 0 amide bonds. The summed E-state index contributed by atoms with van der Waals surface area (Å²) in [5.74, 6) is 0.564. The highest BCUT2D eigenvalue weighted by molar-refractivity contribution is 6.58. The number of aromatic nitrogens is 3. The normalized spacial score (nSPS) is 12.1. The molecule has 16 heavy (non-hydrogen) atoms. The molecular weight excluding hydrogens is 205 g/mol. The van der Waals surface area contributed by atoms with Gasteiger partial charge in [-0.2, -0.15) is 0 Å². The Morgan fingerprint density at radius 3 is 2.50 bits per heavy atom. The number of rotatable bonds is 1. The Morgan fingerprint density at radius 2 is 1.94 bits per heavy atom. The van der Waals surface area contributed by atoms with Gasteiger partial charge in [-0.05, 0) is 0 Å². The van der Waals surface area contributed by atoms with E-state index in [1.54, 1.807) is 10.6 Å². The summed E-state index contributed by atoms with van der Waals surface area (Å²) >= 11 is 0. The lowest BCUT2D eigenvalue weighted by atomic mass is 9.83. The molecule has 0 aliphatic heterocycles. The van der Waals surface area contributed by atoms with Crippen molar-refractivity contribution in [3.05, 3.63) is 24.3 Å². The zero-order valence-electron chi connectivity index (χ0n) is 9.55. The fourth-order valence-corrected chi connectivity index (χ4v) is 1.40. The van der Waals surface area contributed by atoms with E-state index in [-0.39, 0.29) is 5.41 Å². The second-order valence-corrected chi connectivity index (χ2v) is 4.84. The Kier molecular flexibility index (Phi) is 2.48. The van der Waals surface area contributed by atoms with Crippen LogP contribution in [-0.4, -0.2) is 31.5 Å². The van der Waals surface area contributed by atoms with E-state index >= 15 is 0 Å². The molecule has 0 aliphatic rings. The summed E-state index contributed by atoms with van der Waals surface area (Å²) in [5.41, 5.74) is 1.22. The number of hydrogen-bond donors (Lipinski definition) is 2. The van der Waals surface area contributed by atoms with Crippen LogP contribution in [0.1, 0.15) is 26.5 Å². The second-order valence-electron chi connectivity index (χ2n) is 4.84. The molecule has 2 aromatic heterocycles. The smallest absolute Gasteiger partial charge is 0.423 e. The molecule has 0 bridgehead atoms. The zero-order chi connectivity index (χ0) is 11.9. The van der Waals surface area contributed by atoms with Gasteiger partial charge in [0.1, 0.15) is 0 Å². The molecule has 0 saturated heterocycles. The van der Waals surface area contributed by atoms with Crippen molar-refractivity contribution in [1.29, 1.82) is 0 Å². The van der Waals surface area contributed by atoms with Crippen LogP contribution < -0.4 is 5.46 Å². The Labute approximate surface area is 93.9 Å². The molecule has 2 heterocycles. The van der Waals surface area contributed by atoms with Gasteiger partial charge in [-0.3, -0.25) is 4.40 Å². The molecule has 5 nitrogen and oxygen atoms in total. The first-order valence-electron chi connectivity index (χ1n) is 5.09. The maximum Gasteiger partial charge on any atom is 0.491 e. The fourth-order valence-electron chi connectivity index (χ4n) is 1.40. The highest BCUT2D eigenvalue weighted by Gasteiger charge is 2.19.